The standard InChI is InChI=1S/C17H25NO3/c1-6-13(16(19)20)18-15-12(8-7-9-14(15)21-5)11(2)10-17(18,3)4/h7-9,11,13H,6,10H2,1-5H3,(H,19,20)/t11-,13+/m1/s1. The highest BCUT2D eigenvalue weighted by atomic mass is 16.5. The van der Waals surface area contributed by atoms with Crippen LogP contribution in [0.5, 0.6) is 5.75 Å². The van der Waals surface area contributed by atoms with Gasteiger partial charge in [0.05, 0.1) is 12.8 Å². The Morgan fingerprint density at radius 3 is 2.71 bits per heavy atom. The highest BCUT2D eigenvalue weighted by Crippen LogP contribution is 2.48. The van der Waals surface area contributed by atoms with Gasteiger partial charge in [-0.3, -0.25) is 0 Å². The van der Waals surface area contributed by atoms with E-state index in [4.69, 9.17) is 4.74 Å². The number of rotatable bonds is 4. The summed E-state index contributed by atoms with van der Waals surface area (Å²) in [4.78, 5) is 13.8. The van der Waals surface area contributed by atoms with Crippen molar-refractivity contribution >= 4 is 11.7 Å². The number of methoxy groups -OCH3 is 1. The van der Waals surface area contributed by atoms with E-state index in [9.17, 15) is 9.90 Å². The first-order valence-electron chi connectivity index (χ1n) is 7.52. The third-order valence-corrected chi connectivity index (χ3v) is 4.46. The molecule has 0 fully saturated rings. The number of carbonyl (C=O) groups is 1. The van der Waals surface area contributed by atoms with Crippen LogP contribution in [0.1, 0.15) is 52.0 Å². The van der Waals surface area contributed by atoms with Crippen molar-refractivity contribution in [1.29, 1.82) is 0 Å². The smallest absolute Gasteiger partial charge is 0.326 e. The zero-order chi connectivity index (χ0) is 15.8. The van der Waals surface area contributed by atoms with Crippen LogP contribution in [0.2, 0.25) is 0 Å². The van der Waals surface area contributed by atoms with Gasteiger partial charge in [0.2, 0.25) is 0 Å². The number of anilines is 1. The Bertz CT molecular complexity index is 539. The van der Waals surface area contributed by atoms with Crippen LogP contribution in [-0.2, 0) is 4.79 Å². The monoisotopic (exact) mass is 291 g/mol. The highest BCUT2D eigenvalue weighted by molar-refractivity contribution is 5.82. The Hall–Kier alpha value is -1.71. The molecule has 2 rings (SSSR count). The third-order valence-electron chi connectivity index (χ3n) is 4.46. The number of fused-ring (bicyclic) bond motifs is 1. The molecule has 1 aromatic carbocycles. The summed E-state index contributed by atoms with van der Waals surface area (Å²) in [5, 5.41) is 9.63. The van der Waals surface area contributed by atoms with Crippen molar-refractivity contribution in [2.75, 3.05) is 12.0 Å². The average molecular weight is 291 g/mol. The first-order valence-corrected chi connectivity index (χ1v) is 7.52. The maximum atomic E-state index is 11.7. The number of carboxylic acids is 1. The van der Waals surface area contributed by atoms with Crippen molar-refractivity contribution in [1.82, 2.24) is 0 Å². The lowest BCUT2D eigenvalue weighted by Gasteiger charge is -2.50. The first kappa shape index (κ1) is 15.7. The summed E-state index contributed by atoms with van der Waals surface area (Å²) in [5.41, 5.74) is 1.89. The van der Waals surface area contributed by atoms with Gasteiger partial charge in [-0.1, -0.05) is 26.0 Å². The van der Waals surface area contributed by atoms with Crippen LogP contribution >= 0.6 is 0 Å². The van der Waals surface area contributed by atoms with E-state index in [1.165, 1.54) is 5.56 Å². The minimum atomic E-state index is -0.781. The predicted octanol–water partition coefficient (Wildman–Crippen LogP) is 3.65. The van der Waals surface area contributed by atoms with Crippen molar-refractivity contribution in [3.8, 4) is 5.75 Å². The molecule has 0 amide bonds. The highest BCUT2D eigenvalue weighted by Gasteiger charge is 2.43. The van der Waals surface area contributed by atoms with Gasteiger partial charge in [-0.25, -0.2) is 4.79 Å². The summed E-state index contributed by atoms with van der Waals surface area (Å²) in [7, 11) is 1.64. The number of aliphatic carboxylic acids is 1. The molecule has 1 aliphatic rings. The van der Waals surface area contributed by atoms with Crippen LogP contribution in [0.25, 0.3) is 0 Å². The third kappa shape index (κ3) is 2.59. The lowest BCUT2D eigenvalue weighted by molar-refractivity contribution is -0.139. The number of benzene rings is 1. The molecule has 0 unspecified atom stereocenters. The molecule has 4 nitrogen and oxygen atoms in total. The topological polar surface area (TPSA) is 49.8 Å². The van der Waals surface area contributed by atoms with E-state index in [1.54, 1.807) is 7.11 Å². The summed E-state index contributed by atoms with van der Waals surface area (Å²) >= 11 is 0. The van der Waals surface area contributed by atoms with Gasteiger partial charge in [0.15, 0.2) is 0 Å². The summed E-state index contributed by atoms with van der Waals surface area (Å²) < 4.78 is 5.52. The number of nitrogens with zero attached hydrogens (tertiary/aromatic N) is 1. The van der Waals surface area contributed by atoms with E-state index in [1.807, 2.05) is 24.0 Å². The van der Waals surface area contributed by atoms with Crippen LogP contribution < -0.4 is 9.64 Å². The molecule has 0 spiro atoms. The first-order chi connectivity index (χ1) is 9.83. The van der Waals surface area contributed by atoms with Gasteiger partial charge in [0.1, 0.15) is 11.8 Å². The number of hydrogen-bond donors (Lipinski definition) is 1. The Labute approximate surface area is 126 Å². The quantitative estimate of drug-likeness (QED) is 0.920. The van der Waals surface area contributed by atoms with Crippen molar-refractivity contribution in [3.63, 3.8) is 0 Å². The zero-order valence-electron chi connectivity index (χ0n) is 13.5. The van der Waals surface area contributed by atoms with Gasteiger partial charge in [-0.15, -0.1) is 0 Å². The van der Waals surface area contributed by atoms with Gasteiger partial charge < -0.3 is 14.7 Å². The number of hydrogen-bond acceptors (Lipinski definition) is 3. The molecule has 116 valence electrons. The molecule has 21 heavy (non-hydrogen) atoms. The SMILES string of the molecule is CC[C@@H](C(=O)O)N1c2c(OC)cccc2[C@H](C)CC1(C)C. The van der Waals surface area contributed by atoms with E-state index in [2.05, 4.69) is 26.8 Å². The van der Waals surface area contributed by atoms with Crippen molar-refractivity contribution < 1.29 is 14.6 Å². The minimum Gasteiger partial charge on any atom is -0.495 e. The molecular formula is C17H25NO3. The largest absolute Gasteiger partial charge is 0.495 e. The fourth-order valence-corrected chi connectivity index (χ4v) is 3.67. The Kier molecular flexibility index (Phi) is 4.17. The Balaban J connectivity index is 2.68. The van der Waals surface area contributed by atoms with Crippen molar-refractivity contribution in [2.24, 2.45) is 0 Å². The van der Waals surface area contributed by atoms with Crippen molar-refractivity contribution in [2.45, 2.75) is 58.0 Å². The lowest BCUT2D eigenvalue weighted by Crippen LogP contribution is -2.56. The zero-order valence-corrected chi connectivity index (χ0v) is 13.5. The van der Waals surface area contributed by atoms with Gasteiger partial charge in [0, 0.05) is 5.54 Å². The maximum absolute atomic E-state index is 11.7. The number of ether oxygens (including phenoxy) is 1. The molecule has 0 bridgehead atoms. The Morgan fingerprint density at radius 1 is 1.52 bits per heavy atom. The van der Waals surface area contributed by atoms with Crippen LogP contribution in [0.3, 0.4) is 0 Å². The molecule has 1 heterocycles. The van der Waals surface area contributed by atoms with Crippen LogP contribution in [0.4, 0.5) is 5.69 Å². The number of para-hydroxylation sites is 1. The molecule has 0 saturated heterocycles. The molecule has 1 N–H and O–H groups in total. The number of carboxylic acid groups (broad SMARTS) is 1. The van der Waals surface area contributed by atoms with E-state index >= 15 is 0 Å². The second-order valence-electron chi connectivity index (χ2n) is 6.45. The molecule has 1 aliphatic heterocycles. The van der Waals surface area contributed by atoms with E-state index in [0.29, 0.717) is 12.3 Å². The summed E-state index contributed by atoms with van der Waals surface area (Å²) in [6.07, 6.45) is 1.49. The maximum Gasteiger partial charge on any atom is 0.326 e. The summed E-state index contributed by atoms with van der Waals surface area (Å²) in [6, 6.07) is 5.43. The molecular weight excluding hydrogens is 266 g/mol. The van der Waals surface area contributed by atoms with Crippen LogP contribution in [-0.4, -0.2) is 29.8 Å². The van der Waals surface area contributed by atoms with Crippen molar-refractivity contribution in [3.05, 3.63) is 23.8 Å². The molecule has 1 aromatic rings. The van der Waals surface area contributed by atoms with Crippen LogP contribution in [0.15, 0.2) is 18.2 Å². The van der Waals surface area contributed by atoms with Crippen LogP contribution in [0, 0.1) is 0 Å². The van der Waals surface area contributed by atoms with E-state index in [-0.39, 0.29) is 5.54 Å². The predicted molar refractivity (Wildman–Crippen MR) is 84.3 cm³/mol. The van der Waals surface area contributed by atoms with E-state index < -0.39 is 12.0 Å². The average Bonchev–Trinajstić information content (AvgIpc) is 2.41. The normalized spacial score (nSPS) is 21.6. The fraction of sp³-hybridized carbons (Fsp3) is 0.588. The second-order valence-corrected chi connectivity index (χ2v) is 6.45. The molecule has 0 radical (unpaired) electrons. The summed E-state index contributed by atoms with van der Waals surface area (Å²) in [6.45, 7) is 8.34. The molecule has 0 saturated carbocycles. The summed E-state index contributed by atoms with van der Waals surface area (Å²) in [5.74, 6) is 0.358. The van der Waals surface area contributed by atoms with Gasteiger partial charge in [0.25, 0.3) is 0 Å². The fourth-order valence-electron chi connectivity index (χ4n) is 3.67. The minimum absolute atomic E-state index is 0.222. The molecule has 4 heteroatoms. The molecule has 0 aromatic heterocycles. The second kappa shape index (κ2) is 5.58. The molecule has 2 atom stereocenters. The van der Waals surface area contributed by atoms with Gasteiger partial charge >= 0.3 is 5.97 Å². The van der Waals surface area contributed by atoms with E-state index in [0.717, 1.165) is 17.9 Å². The Morgan fingerprint density at radius 2 is 2.19 bits per heavy atom. The van der Waals surface area contributed by atoms with Gasteiger partial charge in [-0.2, -0.15) is 0 Å². The molecule has 0 aliphatic carbocycles. The van der Waals surface area contributed by atoms with Gasteiger partial charge in [-0.05, 0) is 44.2 Å². The lowest BCUT2D eigenvalue weighted by atomic mass is 9.78.